The van der Waals surface area contributed by atoms with Crippen LogP contribution in [-0.4, -0.2) is 62.6 Å². The maximum atomic E-state index is 13.2. The maximum Gasteiger partial charge on any atom is 0.245 e. The Morgan fingerprint density at radius 2 is 1.71 bits per heavy atom. The van der Waals surface area contributed by atoms with E-state index in [0.29, 0.717) is 51.9 Å². The Labute approximate surface area is 183 Å². The summed E-state index contributed by atoms with van der Waals surface area (Å²) < 4.78 is 39.0. The number of amides is 1. The molecule has 8 heteroatoms. The first kappa shape index (κ1) is 21.8. The first-order chi connectivity index (χ1) is 14.9. The lowest BCUT2D eigenvalue weighted by atomic mass is 10.00. The monoisotopic (exact) mass is 444 g/mol. The SMILES string of the molecule is COc1ccc(CCC(=O)N2CCC3(CC2)OCCN3S(=O)(=O)c2ccccc2)cc1. The number of ether oxygens (including phenoxy) is 2. The minimum absolute atomic E-state index is 0.0844. The summed E-state index contributed by atoms with van der Waals surface area (Å²) in [5.41, 5.74) is 0.225. The van der Waals surface area contributed by atoms with Crippen molar-refractivity contribution in [1.29, 1.82) is 0 Å². The number of hydrogen-bond acceptors (Lipinski definition) is 5. The van der Waals surface area contributed by atoms with Gasteiger partial charge in [-0.2, -0.15) is 4.31 Å². The van der Waals surface area contributed by atoms with Gasteiger partial charge >= 0.3 is 0 Å². The van der Waals surface area contributed by atoms with Crippen molar-refractivity contribution >= 4 is 15.9 Å². The molecule has 0 atom stereocenters. The summed E-state index contributed by atoms with van der Waals surface area (Å²) in [6, 6.07) is 16.2. The summed E-state index contributed by atoms with van der Waals surface area (Å²) in [7, 11) is -2.01. The van der Waals surface area contributed by atoms with E-state index in [1.165, 1.54) is 4.31 Å². The molecule has 2 aliphatic rings. The highest BCUT2D eigenvalue weighted by molar-refractivity contribution is 7.89. The highest BCUT2D eigenvalue weighted by Gasteiger charge is 2.50. The molecule has 1 amide bonds. The lowest BCUT2D eigenvalue weighted by Crippen LogP contribution is -2.55. The summed E-state index contributed by atoms with van der Waals surface area (Å²) in [4.78, 5) is 14.8. The Morgan fingerprint density at radius 1 is 1.03 bits per heavy atom. The van der Waals surface area contributed by atoms with E-state index in [4.69, 9.17) is 9.47 Å². The van der Waals surface area contributed by atoms with Crippen molar-refractivity contribution in [3.8, 4) is 5.75 Å². The maximum absolute atomic E-state index is 13.2. The molecule has 2 saturated heterocycles. The molecule has 0 saturated carbocycles. The van der Waals surface area contributed by atoms with Crippen LogP contribution in [0.3, 0.4) is 0 Å². The van der Waals surface area contributed by atoms with Crippen LogP contribution >= 0.6 is 0 Å². The van der Waals surface area contributed by atoms with Crippen LogP contribution in [0.1, 0.15) is 24.8 Å². The first-order valence-electron chi connectivity index (χ1n) is 10.6. The normalized spacial score (nSPS) is 18.9. The van der Waals surface area contributed by atoms with Crippen LogP contribution in [0.4, 0.5) is 0 Å². The number of carbonyl (C=O) groups is 1. The van der Waals surface area contributed by atoms with Gasteiger partial charge in [-0.1, -0.05) is 30.3 Å². The minimum Gasteiger partial charge on any atom is -0.497 e. The standard InChI is InChI=1S/C23H28N2O5S/c1-29-20-10-7-19(8-11-20)9-12-22(26)24-15-13-23(14-16-24)25(17-18-30-23)31(27,28)21-5-3-2-4-6-21/h2-8,10-11H,9,12-18H2,1H3. The Hall–Kier alpha value is -2.42. The van der Waals surface area contributed by atoms with Gasteiger partial charge in [0.1, 0.15) is 11.5 Å². The van der Waals surface area contributed by atoms with Gasteiger partial charge in [0, 0.05) is 38.9 Å². The largest absolute Gasteiger partial charge is 0.497 e. The molecule has 2 heterocycles. The number of likely N-dealkylation sites (tertiary alicyclic amines) is 1. The number of piperidine rings is 1. The van der Waals surface area contributed by atoms with Crippen molar-refractivity contribution in [3.63, 3.8) is 0 Å². The second kappa shape index (κ2) is 8.98. The number of aryl methyl sites for hydroxylation is 1. The van der Waals surface area contributed by atoms with Crippen LogP contribution in [0.2, 0.25) is 0 Å². The second-order valence-corrected chi connectivity index (χ2v) is 9.78. The van der Waals surface area contributed by atoms with Crippen molar-refractivity contribution in [2.45, 2.75) is 36.3 Å². The molecule has 1 spiro atoms. The van der Waals surface area contributed by atoms with Gasteiger partial charge in [-0.3, -0.25) is 4.79 Å². The van der Waals surface area contributed by atoms with Crippen LogP contribution < -0.4 is 4.74 Å². The van der Waals surface area contributed by atoms with Gasteiger partial charge in [-0.15, -0.1) is 0 Å². The minimum atomic E-state index is -3.64. The average molecular weight is 445 g/mol. The van der Waals surface area contributed by atoms with E-state index in [0.717, 1.165) is 11.3 Å². The molecule has 0 radical (unpaired) electrons. The van der Waals surface area contributed by atoms with Crippen molar-refractivity contribution in [1.82, 2.24) is 9.21 Å². The van der Waals surface area contributed by atoms with Gasteiger partial charge in [-0.25, -0.2) is 8.42 Å². The fourth-order valence-corrected chi connectivity index (χ4v) is 6.10. The Bertz CT molecular complexity index is 1000. The number of nitrogens with zero attached hydrogens (tertiary/aromatic N) is 2. The fraction of sp³-hybridized carbons (Fsp3) is 0.435. The van der Waals surface area contributed by atoms with Gasteiger partial charge in [0.05, 0.1) is 18.6 Å². The van der Waals surface area contributed by atoms with E-state index in [-0.39, 0.29) is 10.8 Å². The predicted octanol–water partition coefficient (Wildman–Crippen LogP) is 2.67. The van der Waals surface area contributed by atoms with Crippen LogP contribution in [-0.2, 0) is 26.0 Å². The lowest BCUT2D eigenvalue weighted by molar-refractivity contribution is -0.140. The smallest absolute Gasteiger partial charge is 0.245 e. The van der Waals surface area contributed by atoms with E-state index < -0.39 is 15.7 Å². The van der Waals surface area contributed by atoms with Gasteiger partial charge in [0.15, 0.2) is 0 Å². The van der Waals surface area contributed by atoms with Crippen LogP contribution in [0, 0.1) is 0 Å². The Kier molecular flexibility index (Phi) is 6.31. The summed E-state index contributed by atoms with van der Waals surface area (Å²) in [6.45, 7) is 1.69. The van der Waals surface area contributed by atoms with Gasteiger partial charge in [-0.05, 0) is 36.2 Å². The molecule has 0 aromatic heterocycles. The number of rotatable bonds is 6. The van der Waals surface area contributed by atoms with E-state index in [2.05, 4.69) is 0 Å². The van der Waals surface area contributed by atoms with Crippen molar-refractivity contribution in [3.05, 3.63) is 60.2 Å². The number of carbonyl (C=O) groups excluding carboxylic acids is 1. The molecule has 2 fully saturated rings. The van der Waals surface area contributed by atoms with Gasteiger partial charge < -0.3 is 14.4 Å². The molecule has 2 aliphatic heterocycles. The number of hydrogen-bond donors (Lipinski definition) is 0. The molecular weight excluding hydrogens is 416 g/mol. The second-order valence-electron chi connectivity index (χ2n) is 7.91. The number of methoxy groups -OCH3 is 1. The zero-order valence-electron chi connectivity index (χ0n) is 17.7. The molecule has 31 heavy (non-hydrogen) atoms. The molecule has 0 N–H and O–H groups in total. The molecule has 4 rings (SSSR count). The number of benzene rings is 2. The van der Waals surface area contributed by atoms with E-state index in [9.17, 15) is 13.2 Å². The van der Waals surface area contributed by atoms with Crippen molar-refractivity contribution in [2.24, 2.45) is 0 Å². The molecule has 2 aromatic rings. The molecule has 2 aromatic carbocycles. The molecule has 0 bridgehead atoms. The fourth-order valence-electron chi connectivity index (χ4n) is 4.35. The highest BCUT2D eigenvalue weighted by Crippen LogP contribution is 2.38. The van der Waals surface area contributed by atoms with Crippen molar-refractivity contribution in [2.75, 3.05) is 33.4 Å². The molecule has 0 aliphatic carbocycles. The summed E-state index contributed by atoms with van der Waals surface area (Å²) in [5, 5.41) is 0. The molecule has 7 nitrogen and oxygen atoms in total. The third kappa shape index (κ3) is 4.46. The van der Waals surface area contributed by atoms with E-state index in [1.54, 1.807) is 37.4 Å². The average Bonchev–Trinajstić information content (AvgIpc) is 3.22. The number of sulfonamides is 1. The zero-order valence-corrected chi connectivity index (χ0v) is 18.5. The summed E-state index contributed by atoms with van der Waals surface area (Å²) in [5.74, 6) is 0.879. The first-order valence-corrected chi connectivity index (χ1v) is 12.0. The van der Waals surface area contributed by atoms with Crippen molar-refractivity contribution < 1.29 is 22.7 Å². The Balaban J connectivity index is 1.37. The van der Waals surface area contributed by atoms with Crippen LogP contribution in [0.25, 0.3) is 0 Å². The predicted molar refractivity (Wildman–Crippen MR) is 116 cm³/mol. The van der Waals surface area contributed by atoms with E-state index >= 15 is 0 Å². The quantitative estimate of drug-likeness (QED) is 0.685. The van der Waals surface area contributed by atoms with E-state index in [1.807, 2.05) is 29.2 Å². The molecule has 166 valence electrons. The third-order valence-electron chi connectivity index (χ3n) is 6.13. The topological polar surface area (TPSA) is 76.2 Å². The summed E-state index contributed by atoms with van der Waals surface area (Å²) in [6.07, 6.45) is 2.04. The van der Waals surface area contributed by atoms with Crippen LogP contribution in [0.15, 0.2) is 59.5 Å². The zero-order chi connectivity index (χ0) is 21.9. The lowest BCUT2D eigenvalue weighted by Gasteiger charge is -2.42. The summed E-state index contributed by atoms with van der Waals surface area (Å²) >= 11 is 0. The molecule has 0 unspecified atom stereocenters. The Morgan fingerprint density at radius 3 is 2.35 bits per heavy atom. The highest BCUT2D eigenvalue weighted by atomic mass is 32.2. The van der Waals surface area contributed by atoms with Gasteiger partial charge in [0.2, 0.25) is 15.9 Å². The van der Waals surface area contributed by atoms with Crippen LogP contribution in [0.5, 0.6) is 5.75 Å². The molecular formula is C23H28N2O5S. The third-order valence-corrected chi connectivity index (χ3v) is 8.10. The van der Waals surface area contributed by atoms with Gasteiger partial charge in [0.25, 0.3) is 0 Å².